The number of fused-ring (bicyclic) bond motifs is 1. The van der Waals surface area contributed by atoms with E-state index in [1.165, 1.54) is 12.1 Å². The van der Waals surface area contributed by atoms with E-state index in [-0.39, 0.29) is 17.5 Å². The number of rotatable bonds is 3. The first-order valence-electron chi connectivity index (χ1n) is 6.77. The molecular formula is C17H16N2O2. The highest BCUT2D eigenvalue weighted by molar-refractivity contribution is 5.90. The molecule has 1 atom stereocenters. The number of nitrogens with zero attached hydrogens (tertiary/aromatic N) is 1. The lowest BCUT2D eigenvalue weighted by Gasteiger charge is -2.18. The maximum Gasteiger partial charge on any atom is 0.121 e. The predicted octanol–water partition coefficient (Wildman–Crippen LogP) is 3.82. The normalized spacial score (nSPS) is 12.2. The van der Waals surface area contributed by atoms with Crippen molar-refractivity contribution >= 4 is 16.6 Å². The van der Waals surface area contributed by atoms with Crippen LogP contribution in [0.5, 0.6) is 11.5 Å². The van der Waals surface area contributed by atoms with E-state index in [2.05, 4.69) is 10.3 Å². The van der Waals surface area contributed by atoms with E-state index in [9.17, 15) is 10.2 Å². The smallest absolute Gasteiger partial charge is 0.121 e. The Bertz CT molecular complexity index is 781. The van der Waals surface area contributed by atoms with Gasteiger partial charge in [-0.2, -0.15) is 0 Å². The fraction of sp³-hybridized carbons (Fsp3) is 0.118. The second-order valence-electron chi connectivity index (χ2n) is 4.99. The number of pyridine rings is 1. The van der Waals surface area contributed by atoms with Crippen molar-refractivity contribution in [2.45, 2.75) is 13.0 Å². The number of phenolic OH excluding ortho intramolecular Hbond substituents is 2. The van der Waals surface area contributed by atoms with Gasteiger partial charge in [0.25, 0.3) is 0 Å². The molecule has 1 aromatic heterocycles. The summed E-state index contributed by atoms with van der Waals surface area (Å²) >= 11 is 0. The zero-order valence-electron chi connectivity index (χ0n) is 11.6. The molecule has 0 saturated heterocycles. The summed E-state index contributed by atoms with van der Waals surface area (Å²) in [5.41, 5.74) is 2.41. The number of aromatic hydroxyl groups is 2. The molecule has 4 nitrogen and oxygen atoms in total. The van der Waals surface area contributed by atoms with Gasteiger partial charge in [-0.05, 0) is 37.3 Å². The van der Waals surface area contributed by atoms with Crippen LogP contribution >= 0.6 is 0 Å². The minimum absolute atomic E-state index is 0.132. The zero-order valence-corrected chi connectivity index (χ0v) is 11.6. The molecule has 2 aromatic carbocycles. The SMILES string of the molecule is CC(Nc1cccc2cccnc12)c1cc(O)ccc1O. The van der Waals surface area contributed by atoms with Gasteiger partial charge in [0.2, 0.25) is 0 Å². The summed E-state index contributed by atoms with van der Waals surface area (Å²) in [6, 6.07) is 14.2. The molecule has 1 heterocycles. The molecule has 0 spiro atoms. The van der Waals surface area contributed by atoms with Gasteiger partial charge in [0, 0.05) is 17.1 Å². The molecule has 0 amide bonds. The number of para-hydroxylation sites is 1. The minimum atomic E-state index is -0.162. The molecule has 0 aliphatic heterocycles. The van der Waals surface area contributed by atoms with Crippen molar-refractivity contribution in [3.8, 4) is 11.5 Å². The molecule has 4 heteroatoms. The van der Waals surface area contributed by atoms with Crippen LogP contribution in [0.4, 0.5) is 5.69 Å². The summed E-state index contributed by atoms with van der Waals surface area (Å²) in [6.45, 7) is 1.93. The summed E-state index contributed by atoms with van der Waals surface area (Å²) in [4.78, 5) is 4.39. The standard InChI is InChI=1S/C17H16N2O2/c1-11(14-10-13(20)7-8-16(14)21)19-15-6-2-4-12-5-3-9-18-17(12)15/h2-11,19-21H,1H3. The topological polar surface area (TPSA) is 65.4 Å². The lowest BCUT2D eigenvalue weighted by atomic mass is 10.1. The van der Waals surface area contributed by atoms with Crippen molar-refractivity contribution in [2.75, 3.05) is 5.32 Å². The summed E-state index contributed by atoms with van der Waals surface area (Å²) < 4.78 is 0. The van der Waals surface area contributed by atoms with Gasteiger partial charge in [0.15, 0.2) is 0 Å². The number of aromatic nitrogens is 1. The average Bonchev–Trinajstić information content (AvgIpc) is 2.50. The van der Waals surface area contributed by atoms with Crippen molar-refractivity contribution in [1.29, 1.82) is 0 Å². The van der Waals surface area contributed by atoms with E-state index in [0.29, 0.717) is 5.56 Å². The Morgan fingerprint density at radius 3 is 2.71 bits per heavy atom. The van der Waals surface area contributed by atoms with Crippen LogP contribution in [0.2, 0.25) is 0 Å². The second kappa shape index (κ2) is 5.32. The number of anilines is 1. The third-order valence-corrected chi connectivity index (χ3v) is 3.48. The van der Waals surface area contributed by atoms with Gasteiger partial charge in [0.05, 0.1) is 17.2 Å². The molecule has 0 aliphatic rings. The van der Waals surface area contributed by atoms with E-state index >= 15 is 0 Å². The predicted molar refractivity (Wildman–Crippen MR) is 83.6 cm³/mol. The molecule has 3 N–H and O–H groups in total. The van der Waals surface area contributed by atoms with Crippen LogP contribution < -0.4 is 5.32 Å². The molecule has 0 saturated carbocycles. The van der Waals surface area contributed by atoms with Crippen molar-refractivity contribution < 1.29 is 10.2 Å². The van der Waals surface area contributed by atoms with Crippen molar-refractivity contribution in [3.05, 3.63) is 60.3 Å². The molecule has 0 aliphatic carbocycles. The van der Waals surface area contributed by atoms with Gasteiger partial charge in [-0.25, -0.2) is 0 Å². The first-order chi connectivity index (χ1) is 10.1. The van der Waals surface area contributed by atoms with Crippen molar-refractivity contribution in [3.63, 3.8) is 0 Å². The number of nitrogens with one attached hydrogen (secondary N) is 1. The fourth-order valence-corrected chi connectivity index (χ4v) is 2.42. The second-order valence-corrected chi connectivity index (χ2v) is 4.99. The van der Waals surface area contributed by atoms with E-state index in [1.54, 1.807) is 12.3 Å². The van der Waals surface area contributed by atoms with Gasteiger partial charge < -0.3 is 15.5 Å². The molecule has 0 fully saturated rings. The molecule has 0 radical (unpaired) electrons. The summed E-state index contributed by atoms with van der Waals surface area (Å²) in [5, 5.41) is 23.9. The average molecular weight is 280 g/mol. The summed E-state index contributed by atoms with van der Waals surface area (Å²) in [5.74, 6) is 0.286. The fourth-order valence-electron chi connectivity index (χ4n) is 2.42. The quantitative estimate of drug-likeness (QED) is 0.638. The van der Waals surface area contributed by atoms with Gasteiger partial charge in [-0.3, -0.25) is 4.98 Å². The van der Waals surface area contributed by atoms with Crippen LogP contribution in [0.25, 0.3) is 10.9 Å². The Labute approximate surface area is 122 Å². The maximum absolute atomic E-state index is 9.93. The van der Waals surface area contributed by atoms with Crippen molar-refractivity contribution in [2.24, 2.45) is 0 Å². The highest BCUT2D eigenvalue weighted by Crippen LogP contribution is 2.31. The third-order valence-electron chi connectivity index (χ3n) is 3.48. The first-order valence-corrected chi connectivity index (χ1v) is 6.77. The Balaban J connectivity index is 1.96. The van der Waals surface area contributed by atoms with E-state index in [1.807, 2.05) is 37.3 Å². The van der Waals surface area contributed by atoms with Crippen LogP contribution in [0.15, 0.2) is 54.7 Å². The summed E-state index contributed by atoms with van der Waals surface area (Å²) in [7, 11) is 0. The molecule has 0 bridgehead atoms. The Kier molecular flexibility index (Phi) is 3.36. The van der Waals surface area contributed by atoms with Gasteiger partial charge in [-0.1, -0.05) is 18.2 Å². The molecule has 1 unspecified atom stereocenters. The Hall–Kier alpha value is -2.75. The van der Waals surface area contributed by atoms with Gasteiger partial charge >= 0.3 is 0 Å². The molecular weight excluding hydrogens is 264 g/mol. The highest BCUT2D eigenvalue weighted by Gasteiger charge is 2.12. The van der Waals surface area contributed by atoms with Crippen LogP contribution in [0.1, 0.15) is 18.5 Å². The Morgan fingerprint density at radius 2 is 1.86 bits per heavy atom. The largest absolute Gasteiger partial charge is 0.508 e. The Morgan fingerprint density at radius 1 is 1.05 bits per heavy atom. The van der Waals surface area contributed by atoms with Crippen LogP contribution in [0, 0.1) is 0 Å². The van der Waals surface area contributed by atoms with Crippen LogP contribution in [-0.2, 0) is 0 Å². The lowest BCUT2D eigenvalue weighted by Crippen LogP contribution is -2.07. The zero-order chi connectivity index (χ0) is 14.8. The molecule has 3 rings (SSSR count). The molecule has 3 aromatic rings. The van der Waals surface area contributed by atoms with Gasteiger partial charge in [0.1, 0.15) is 11.5 Å². The highest BCUT2D eigenvalue weighted by atomic mass is 16.3. The van der Waals surface area contributed by atoms with Crippen molar-refractivity contribution in [1.82, 2.24) is 4.98 Å². The first kappa shape index (κ1) is 13.2. The number of hydrogen-bond donors (Lipinski definition) is 3. The van der Waals surface area contributed by atoms with E-state index < -0.39 is 0 Å². The number of phenols is 2. The number of benzene rings is 2. The lowest BCUT2D eigenvalue weighted by molar-refractivity contribution is 0.451. The van der Waals surface area contributed by atoms with Crippen LogP contribution in [-0.4, -0.2) is 15.2 Å². The van der Waals surface area contributed by atoms with Crippen LogP contribution in [0.3, 0.4) is 0 Å². The maximum atomic E-state index is 9.93. The molecule has 21 heavy (non-hydrogen) atoms. The molecule has 106 valence electrons. The van der Waals surface area contributed by atoms with E-state index in [0.717, 1.165) is 16.6 Å². The monoisotopic (exact) mass is 280 g/mol. The van der Waals surface area contributed by atoms with Gasteiger partial charge in [-0.15, -0.1) is 0 Å². The third kappa shape index (κ3) is 2.60. The van der Waals surface area contributed by atoms with E-state index in [4.69, 9.17) is 0 Å². The minimum Gasteiger partial charge on any atom is -0.508 e. The number of hydrogen-bond acceptors (Lipinski definition) is 4. The summed E-state index contributed by atoms with van der Waals surface area (Å²) in [6.07, 6.45) is 1.75.